The van der Waals surface area contributed by atoms with Crippen molar-refractivity contribution in [2.24, 2.45) is 0 Å². The molecular weight excluding hydrogens is 340 g/mol. The summed E-state index contributed by atoms with van der Waals surface area (Å²) in [6.45, 7) is 13.2. The van der Waals surface area contributed by atoms with E-state index in [2.05, 4.69) is 83.2 Å². The fourth-order valence-corrected chi connectivity index (χ4v) is 4.12. The Labute approximate surface area is 169 Å². The minimum absolute atomic E-state index is 0.173. The van der Waals surface area contributed by atoms with Gasteiger partial charge in [0.05, 0.1) is 0 Å². The average molecular weight is 371 g/mol. The van der Waals surface area contributed by atoms with Gasteiger partial charge in [-0.05, 0) is 82.3 Å². The van der Waals surface area contributed by atoms with Crippen LogP contribution in [-0.4, -0.2) is 0 Å². The van der Waals surface area contributed by atoms with E-state index in [9.17, 15) is 0 Å². The highest BCUT2D eigenvalue weighted by Gasteiger charge is 2.22. The number of benzene rings is 2. The predicted octanol–water partition coefficient (Wildman–Crippen LogP) is 7.52. The third-order valence-electron chi connectivity index (χ3n) is 6.02. The Hall–Kier alpha value is -2.54. The van der Waals surface area contributed by atoms with Crippen molar-refractivity contribution in [3.63, 3.8) is 0 Å². The molecular formula is C27H30O. The monoisotopic (exact) mass is 370 g/mol. The van der Waals surface area contributed by atoms with Gasteiger partial charge in [-0.2, -0.15) is 0 Å². The fourth-order valence-electron chi connectivity index (χ4n) is 4.12. The number of furan rings is 1. The molecule has 2 aromatic carbocycles. The summed E-state index contributed by atoms with van der Waals surface area (Å²) in [6.07, 6.45) is 4.32. The van der Waals surface area contributed by atoms with Gasteiger partial charge in [0.2, 0.25) is 0 Å². The summed E-state index contributed by atoms with van der Waals surface area (Å²) >= 11 is 0. The van der Waals surface area contributed by atoms with E-state index in [1.807, 2.05) is 6.92 Å². The maximum atomic E-state index is 6.02. The van der Waals surface area contributed by atoms with E-state index >= 15 is 0 Å². The number of aryl methyl sites for hydroxylation is 3. The highest BCUT2D eigenvalue weighted by atomic mass is 16.3. The SMILES string of the molecule is CCc1ccc2c(c1-c1ccc(C(C)(C)C)cc1)C=C(c1cc(C)c(C)o1)C2. The second-order valence-electron chi connectivity index (χ2n) is 9.05. The Morgan fingerprint density at radius 2 is 1.68 bits per heavy atom. The van der Waals surface area contributed by atoms with Gasteiger partial charge >= 0.3 is 0 Å². The molecule has 0 atom stereocenters. The van der Waals surface area contributed by atoms with Gasteiger partial charge in [0, 0.05) is 6.42 Å². The molecule has 144 valence electrons. The molecule has 0 saturated carbocycles. The highest BCUT2D eigenvalue weighted by Crippen LogP contribution is 2.41. The average Bonchev–Trinajstić information content (AvgIpc) is 3.23. The Kier molecular flexibility index (Phi) is 4.57. The minimum Gasteiger partial charge on any atom is -0.461 e. The van der Waals surface area contributed by atoms with E-state index in [0.717, 1.165) is 24.4 Å². The molecule has 1 aliphatic rings. The highest BCUT2D eigenvalue weighted by molar-refractivity contribution is 5.94. The second kappa shape index (κ2) is 6.81. The predicted molar refractivity (Wildman–Crippen MR) is 120 cm³/mol. The summed E-state index contributed by atoms with van der Waals surface area (Å²) in [5.74, 6) is 2.03. The van der Waals surface area contributed by atoms with Crippen molar-refractivity contribution in [2.45, 2.75) is 59.8 Å². The topological polar surface area (TPSA) is 13.1 Å². The van der Waals surface area contributed by atoms with Crippen LogP contribution in [-0.2, 0) is 18.3 Å². The Bertz CT molecular complexity index is 1030. The summed E-state index contributed by atoms with van der Waals surface area (Å²) in [4.78, 5) is 0. The molecule has 3 aromatic rings. The van der Waals surface area contributed by atoms with E-state index in [1.54, 1.807) is 0 Å². The number of hydrogen-bond acceptors (Lipinski definition) is 1. The second-order valence-corrected chi connectivity index (χ2v) is 9.05. The van der Waals surface area contributed by atoms with Gasteiger partial charge in [-0.3, -0.25) is 0 Å². The lowest BCUT2D eigenvalue weighted by atomic mass is 9.85. The van der Waals surface area contributed by atoms with Crippen molar-refractivity contribution in [1.29, 1.82) is 0 Å². The maximum absolute atomic E-state index is 6.02. The molecule has 1 heteroatoms. The van der Waals surface area contributed by atoms with Crippen LogP contribution in [0.2, 0.25) is 0 Å². The Morgan fingerprint density at radius 1 is 0.964 bits per heavy atom. The van der Waals surface area contributed by atoms with Crippen LogP contribution in [0.15, 0.2) is 46.9 Å². The van der Waals surface area contributed by atoms with Crippen LogP contribution in [0.3, 0.4) is 0 Å². The normalized spacial score (nSPS) is 13.6. The lowest BCUT2D eigenvalue weighted by Crippen LogP contribution is -2.10. The van der Waals surface area contributed by atoms with Crippen LogP contribution in [0.25, 0.3) is 22.8 Å². The molecule has 1 nitrogen and oxygen atoms in total. The van der Waals surface area contributed by atoms with Gasteiger partial charge in [0.25, 0.3) is 0 Å². The van der Waals surface area contributed by atoms with E-state index < -0.39 is 0 Å². The van der Waals surface area contributed by atoms with Crippen LogP contribution < -0.4 is 0 Å². The molecule has 0 bridgehead atoms. The molecule has 1 heterocycles. The Balaban J connectivity index is 1.82. The lowest BCUT2D eigenvalue weighted by molar-refractivity contribution is 0.518. The molecule has 0 N–H and O–H groups in total. The first-order chi connectivity index (χ1) is 13.3. The minimum atomic E-state index is 0.173. The molecule has 0 saturated heterocycles. The van der Waals surface area contributed by atoms with E-state index in [4.69, 9.17) is 4.42 Å². The molecule has 1 aromatic heterocycles. The van der Waals surface area contributed by atoms with Gasteiger partial charge in [-0.15, -0.1) is 0 Å². The smallest absolute Gasteiger partial charge is 0.130 e. The summed E-state index contributed by atoms with van der Waals surface area (Å²) in [5, 5.41) is 0. The van der Waals surface area contributed by atoms with E-state index in [-0.39, 0.29) is 5.41 Å². The third-order valence-corrected chi connectivity index (χ3v) is 6.02. The van der Waals surface area contributed by atoms with Crippen LogP contribution in [0.1, 0.15) is 67.0 Å². The van der Waals surface area contributed by atoms with E-state index in [0.29, 0.717) is 0 Å². The van der Waals surface area contributed by atoms with Crippen LogP contribution in [0, 0.1) is 13.8 Å². The number of fused-ring (bicyclic) bond motifs is 1. The van der Waals surface area contributed by atoms with Crippen LogP contribution in [0.4, 0.5) is 0 Å². The molecule has 0 radical (unpaired) electrons. The largest absolute Gasteiger partial charge is 0.461 e. The standard InChI is InChI=1S/C27H30O/c1-7-19-8-9-21-15-22(25-14-17(2)18(3)28-25)16-24(21)26(19)20-10-12-23(13-11-20)27(4,5)6/h8-14,16H,7,15H2,1-6H3. The summed E-state index contributed by atoms with van der Waals surface area (Å²) < 4.78 is 6.02. The summed E-state index contributed by atoms with van der Waals surface area (Å²) in [5.41, 5.74) is 10.9. The fraction of sp³-hybridized carbons (Fsp3) is 0.333. The van der Waals surface area contributed by atoms with Crippen LogP contribution >= 0.6 is 0 Å². The van der Waals surface area contributed by atoms with Crippen LogP contribution in [0.5, 0.6) is 0 Å². The number of allylic oxidation sites excluding steroid dienone is 1. The molecule has 1 aliphatic carbocycles. The van der Waals surface area contributed by atoms with Crippen molar-refractivity contribution >= 4 is 11.6 Å². The van der Waals surface area contributed by atoms with Gasteiger partial charge in [-0.25, -0.2) is 0 Å². The summed E-state index contributed by atoms with van der Waals surface area (Å²) in [6, 6.07) is 15.9. The van der Waals surface area contributed by atoms with Crippen molar-refractivity contribution in [1.82, 2.24) is 0 Å². The third kappa shape index (κ3) is 3.24. The zero-order valence-corrected chi connectivity index (χ0v) is 17.9. The molecule has 0 spiro atoms. The van der Waals surface area contributed by atoms with Crippen molar-refractivity contribution < 1.29 is 4.42 Å². The van der Waals surface area contributed by atoms with Gasteiger partial charge in [0.15, 0.2) is 0 Å². The summed E-state index contributed by atoms with van der Waals surface area (Å²) in [7, 11) is 0. The maximum Gasteiger partial charge on any atom is 0.130 e. The molecule has 0 amide bonds. The zero-order chi connectivity index (χ0) is 20.1. The molecule has 28 heavy (non-hydrogen) atoms. The molecule has 4 rings (SSSR count). The van der Waals surface area contributed by atoms with E-state index in [1.165, 1.54) is 44.5 Å². The first-order valence-corrected chi connectivity index (χ1v) is 10.3. The van der Waals surface area contributed by atoms with Gasteiger partial charge < -0.3 is 4.42 Å². The van der Waals surface area contributed by atoms with Crippen molar-refractivity contribution in [3.05, 3.63) is 81.8 Å². The lowest BCUT2D eigenvalue weighted by Gasteiger charge is -2.20. The number of hydrogen-bond donors (Lipinski definition) is 0. The molecule has 0 aliphatic heterocycles. The van der Waals surface area contributed by atoms with Gasteiger partial charge in [0.1, 0.15) is 11.5 Å². The molecule has 0 unspecified atom stereocenters. The Morgan fingerprint density at radius 3 is 2.25 bits per heavy atom. The van der Waals surface area contributed by atoms with Gasteiger partial charge in [-0.1, -0.05) is 64.1 Å². The first-order valence-electron chi connectivity index (χ1n) is 10.3. The van der Waals surface area contributed by atoms with Crippen molar-refractivity contribution in [2.75, 3.05) is 0 Å². The first kappa shape index (κ1) is 18.8. The quantitative estimate of drug-likeness (QED) is 0.464. The number of rotatable bonds is 3. The molecule has 0 fully saturated rings. The van der Waals surface area contributed by atoms with Crippen molar-refractivity contribution in [3.8, 4) is 11.1 Å². The zero-order valence-electron chi connectivity index (χ0n) is 17.9.